The molecule has 0 bridgehead atoms. The van der Waals surface area contributed by atoms with Gasteiger partial charge in [-0.2, -0.15) is 0 Å². The predicted octanol–water partition coefficient (Wildman–Crippen LogP) is 3.03. The third-order valence-corrected chi connectivity index (χ3v) is 3.19. The Morgan fingerprint density at radius 1 is 1.42 bits per heavy atom. The molecular formula is C15H20N2O2. The smallest absolute Gasteiger partial charge is 0.409 e. The van der Waals surface area contributed by atoms with Crippen LogP contribution < -0.4 is 0 Å². The summed E-state index contributed by atoms with van der Waals surface area (Å²) >= 11 is 0. The second-order valence-corrected chi connectivity index (χ2v) is 4.69. The van der Waals surface area contributed by atoms with Gasteiger partial charge in [0.25, 0.3) is 0 Å². The molecule has 0 atom stereocenters. The van der Waals surface area contributed by atoms with Crippen molar-refractivity contribution in [2.24, 2.45) is 0 Å². The van der Waals surface area contributed by atoms with Gasteiger partial charge in [-0.3, -0.25) is 4.98 Å². The second kappa shape index (κ2) is 6.36. The quantitative estimate of drug-likeness (QED) is 0.820. The summed E-state index contributed by atoms with van der Waals surface area (Å²) in [5.74, 6) is 0. The summed E-state index contributed by atoms with van der Waals surface area (Å²) in [6.07, 6.45) is 3.73. The lowest BCUT2D eigenvalue weighted by Gasteiger charge is -2.27. The number of likely N-dealkylation sites (tertiary alicyclic amines) is 1. The van der Waals surface area contributed by atoms with E-state index in [1.165, 1.54) is 5.57 Å². The molecule has 19 heavy (non-hydrogen) atoms. The standard InChI is InChI=1S/C15H20N2O2/c1-3-19-15(18)17-9-7-13(8-10-17)11-14-6-4-5-12(2)16-14/h4-6,11H,3,7-10H2,1-2H3. The van der Waals surface area contributed by atoms with Gasteiger partial charge in [-0.05, 0) is 44.9 Å². The van der Waals surface area contributed by atoms with Crippen molar-refractivity contribution in [3.05, 3.63) is 35.2 Å². The molecule has 4 heteroatoms. The van der Waals surface area contributed by atoms with Gasteiger partial charge in [0.1, 0.15) is 0 Å². The summed E-state index contributed by atoms with van der Waals surface area (Å²) in [7, 11) is 0. The van der Waals surface area contributed by atoms with E-state index < -0.39 is 0 Å². The Labute approximate surface area is 114 Å². The highest BCUT2D eigenvalue weighted by Gasteiger charge is 2.19. The fourth-order valence-corrected chi connectivity index (χ4v) is 2.19. The highest BCUT2D eigenvalue weighted by atomic mass is 16.6. The number of rotatable bonds is 2. The molecule has 0 spiro atoms. The van der Waals surface area contributed by atoms with Crippen molar-refractivity contribution in [3.8, 4) is 0 Å². The van der Waals surface area contributed by atoms with Gasteiger partial charge in [0.15, 0.2) is 0 Å². The first-order chi connectivity index (χ1) is 9.19. The minimum absolute atomic E-state index is 0.199. The van der Waals surface area contributed by atoms with E-state index >= 15 is 0 Å². The summed E-state index contributed by atoms with van der Waals surface area (Å²) in [5, 5.41) is 0. The average molecular weight is 260 g/mol. The zero-order valence-electron chi connectivity index (χ0n) is 11.6. The summed E-state index contributed by atoms with van der Waals surface area (Å²) in [4.78, 5) is 17.8. The van der Waals surface area contributed by atoms with Crippen LogP contribution in [0.2, 0.25) is 0 Å². The monoisotopic (exact) mass is 260 g/mol. The number of hydrogen-bond donors (Lipinski definition) is 0. The van der Waals surface area contributed by atoms with Crippen LogP contribution in [0.3, 0.4) is 0 Å². The molecule has 102 valence electrons. The van der Waals surface area contributed by atoms with Crippen molar-refractivity contribution in [3.63, 3.8) is 0 Å². The van der Waals surface area contributed by atoms with Gasteiger partial charge in [0, 0.05) is 18.8 Å². The molecule has 0 N–H and O–H groups in total. The minimum atomic E-state index is -0.199. The Hall–Kier alpha value is -1.84. The van der Waals surface area contributed by atoms with Crippen LogP contribution in [0.25, 0.3) is 6.08 Å². The molecule has 0 radical (unpaired) electrons. The third kappa shape index (κ3) is 3.81. The second-order valence-electron chi connectivity index (χ2n) is 4.69. The Morgan fingerprint density at radius 3 is 2.79 bits per heavy atom. The molecule has 2 rings (SSSR count). The van der Waals surface area contributed by atoms with Gasteiger partial charge in [0.2, 0.25) is 0 Å². The Bertz CT molecular complexity index is 473. The molecule has 0 unspecified atom stereocenters. The molecule has 1 aliphatic rings. The van der Waals surface area contributed by atoms with Gasteiger partial charge in [-0.25, -0.2) is 4.79 Å². The van der Waals surface area contributed by atoms with E-state index in [1.807, 2.05) is 32.0 Å². The largest absolute Gasteiger partial charge is 0.450 e. The topological polar surface area (TPSA) is 42.4 Å². The first kappa shape index (κ1) is 13.6. The number of piperidine rings is 1. The van der Waals surface area contributed by atoms with Gasteiger partial charge in [0.05, 0.1) is 12.3 Å². The Balaban J connectivity index is 1.94. The van der Waals surface area contributed by atoms with E-state index in [9.17, 15) is 4.79 Å². The van der Waals surface area contributed by atoms with Crippen LogP contribution in [0.4, 0.5) is 4.79 Å². The number of aromatic nitrogens is 1. The van der Waals surface area contributed by atoms with Crippen molar-refractivity contribution in [2.45, 2.75) is 26.7 Å². The van der Waals surface area contributed by atoms with Crippen molar-refractivity contribution >= 4 is 12.2 Å². The third-order valence-electron chi connectivity index (χ3n) is 3.19. The molecule has 0 saturated carbocycles. The number of hydrogen-bond acceptors (Lipinski definition) is 3. The van der Waals surface area contributed by atoms with Crippen molar-refractivity contribution in [2.75, 3.05) is 19.7 Å². The lowest BCUT2D eigenvalue weighted by atomic mass is 10.0. The Morgan fingerprint density at radius 2 is 2.16 bits per heavy atom. The molecule has 0 aromatic carbocycles. The number of nitrogens with zero attached hydrogens (tertiary/aromatic N) is 2. The van der Waals surface area contributed by atoms with Crippen LogP contribution in [0.1, 0.15) is 31.2 Å². The summed E-state index contributed by atoms with van der Waals surface area (Å²) < 4.78 is 5.01. The number of aryl methyl sites for hydroxylation is 1. The van der Waals surface area contributed by atoms with E-state index in [1.54, 1.807) is 4.90 Å². The predicted molar refractivity (Wildman–Crippen MR) is 74.8 cm³/mol. The lowest BCUT2D eigenvalue weighted by Crippen LogP contribution is -2.36. The molecule has 2 heterocycles. The fraction of sp³-hybridized carbons (Fsp3) is 0.467. The lowest BCUT2D eigenvalue weighted by molar-refractivity contribution is 0.104. The first-order valence-corrected chi connectivity index (χ1v) is 6.74. The molecule has 1 saturated heterocycles. The van der Waals surface area contributed by atoms with Crippen LogP contribution in [0.5, 0.6) is 0 Å². The Kier molecular flexibility index (Phi) is 4.55. The zero-order valence-corrected chi connectivity index (χ0v) is 11.6. The highest BCUT2D eigenvalue weighted by molar-refractivity contribution is 5.68. The number of ether oxygens (including phenoxy) is 1. The molecule has 1 fully saturated rings. The van der Waals surface area contributed by atoms with Crippen molar-refractivity contribution < 1.29 is 9.53 Å². The molecule has 1 aliphatic heterocycles. The highest BCUT2D eigenvalue weighted by Crippen LogP contribution is 2.19. The van der Waals surface area contributed by atoms with Crippen LogP contribution in [0.15, 0.2) is 23.8 Å². The maximum Gasteiger partial charge on any atom is 0.409 e. The minimum Gasteiger partial charge on any atom is -0.450 e. The molecule has 0 aliphatic carbocycles. The molecule has 1 aromatic rings. The maximum absolute atomic E-state index is 11.6. The fourth-order valence-electron chi connectivity index (χ4n) is 2.19. The number of pyridine rings is 1. The van der Waals surface area contributed by atoms with Gasteiger partial charge in [-0.15, -0.1) is 0 Å². The maximum atomic E-state index is 11.6. The van der Waals surface area contributed by atoms with E-state index in [0.29, 0.717) is 6.61 Å². The number of carbonyl (C=O) groups excluding carboxylic acids is 1. The summed E-state index contributed by atoms with van der Waals surface area (Å²) in [6, 6.07) is 6.02. The van der Waals surface area contributed by atoms with Crippen LogP contribution in [0, 0.1) is 6.92 Å². The van der Waals surface area contributed by atoms with E-state index in [0.717, 1.165) is 37.3 Å². The van der Waals surface area contributed by atoms with Crippen molar-refractivity contribution in [1.29, 1.82) is 0 Å². The molecule has 1 amide bonds. The average Bonchev–Trinajstić information content (AvgIpc) is 2.40. The van der Waals surface area contributed by atoms with E-state index in [4.69, 9.17) is 4.74 Å². The zero-order chi connectivity index (χ0) is 13.7. The van der Waals surface area contributed by atoms with Crippen LogP contribution in [-0.2, 0) is 4.74 Å². The van der Waals surface area contributed by atoms with Crippen molar-refractivity contribution in [1.82, 2.24) is 9.88 Å². The van der Waals surface area contributed by atoms with Crippen LogP contribution in [-0.4, -0.2) is 35.7 Å². The van der Waals surface area contributed by atoms with E-state index in [2.05, 4.69) is 11.1 Å². The SMILES string of the molecule is CCOC(=O)N1CCC(=Cc2cccc(C)n2)CC1. The normalized spacial score (nSPS) is 15.3. The van der Waals surface area contributed by atoms with Crippen LogP contribution >= 0.6 is 0 Å². The first-order valence-electron chi connectivity index (χ1n) is 6.74. The van der Waals surface area contributed by atoms with Gasteiger partial charge in [-0.1, -0.05) is 11.6 Å². The molecule has 4 nitrogen and oxygen atoms in total. The summed E-state index contributed by atoms with van der Waals surface area (Å²) in [5.41, 5.74) is 3.37. The van der Waals surface area contributed by atoms with E-state index in [-0.39, 0.29) is 6.09 Å². The number of amides is 1. The van der Waals surface area contributed by atoms with Gasteiger partial charge < -0.3 is 9.64 Å². The summed E-state index contributed by atoms with van der Waals surface area (Å²) in [6.45, 7) is 5.72. The molecule has 1 aromatic heterocycles. The molecular weight excluding hydrogens is 240 g/mol. The number of carbonyl (C=O) groups is 1. The van der Waals surface area contributed by atoms with Gasteiger partial charge >= 0.3 is 6.09 Å².